The quantitative estimate of drug-likeness (QED) is 0.537. The summed E-state index contributed by atoms with van der Waals surface area (Å²) in [6.07, 6.45) is 0. The average Bonchev–Trinajstić information content (AvgIpc) is 2.42. The van der Waals surface area contributed by atoms with Gasteiger partial charge in [-0.2, -0.15) is 4.99 Å². The predicted molar refractivity (Wildman–Crippen MR) is 80.2 cm³/mol. The van der Waals surface area contributed by atoms with E-state index in [1.54, 1.807) is 12.1 Å². The maximum atomic E-state index is 11.7. The summed E-state index contributed by atoms with van der Waals surface area (Å²) in [6.45, 7) is 4.45. The molecule has 0 aliphatic heterocycles. The van der Waals surface area contributed by atoms with E-state index in [2.05, 4.69) is 10.3 Å². The summed E-state index contributed by atoms with van der Waals surface area (Å²) in [5, 5.41) is 2.54. The summed E-state index contributed by atoms with van der Waals surface area (Å²) < 4.78 is 16.2. The second kappa shape index (κ2) is 7.83. The Hall–Kier alpha value is -2.64. The highest BCUT2D eigenvalue weighted by Crippen LogP contribution is 2.42. The van der Waals surface area contributed by atoms with E-state index < -0.39 is 6.03 Å². The number of nitrogens with zero attached hydrogens (tertiary/aromatic N) is 1. The lowest BCUT2D eigenvalue weighted by Crippen LogP contribution is -2.25. The second-order valence-corrected chi connectivity index (χ2v) is 3.80. The van der Waals surface area contributed by atoms with Crippen LogP contribution in [0.25, 0.3) is 0 Å². The summed E-state index contributed by atoms with van der Waals surface area (Å²) in [4.78, 5) is 15.1. The molecular formula is C13H20N4O4. The summed E-state index contributed by atoms with van der Waals surface area (Å²) in [5.41, 5.74) is 10.7. The van der Waals surface area contributed by atoms with Crippen LogP contribution in [0.5, 0.6) is 17.2 Å². The molecule has 0 bridgehead atoms. The van der Waals surface area contributed by atoms with Crippen molar-refractivity contribution in [1.82, 2.24) is 0 Å². The average molecular weight is 296 g/mol. The molecule has 0 heterocycles. The number of benzene rings is 1. The van der Waals surface area contributed by atoms with Gasteiger partial charge in [0.05, 0.1) is 20.3 Å². The standard InChI is InChI=1S/C13H20N4O4/c1-4-20-8-6-7-9(19-3)11(21-5-2)10(8)16-13(18)17-12(14)15/h6-7H,4-5H2,1-3H3,(H5,14,15,16,17,18). The van der Waals surface area contributed by atoms with Crippen LogP contribution >= 0.6 is 0 Å². The summed E-state index contributed by atoms with van der Waals surface area (Å²) in [6, 6.07) is 2.62. The van der Waals surface area contributed by atoms with Crippen LogP contribution < -0.4 is 31.0 Å². The molecule has 0 unspecified atom stereocenters. The molecule has 21 heavy (non-hydrogen) atoms. The van der Waals surface area contributed by atoms with Crippen LogP contribution in [-0.2, 0) is 0 Å². The van der Waals surface area contributed by atoms with E-state index in [1.165, 1.54) is 7.11 Å². The molecular weight excluding hydrogens is 276 g/mol. The number of amides is 2. The Labute approximate surface area is 123 Å². The Balaban J connectivity index is 3.27. The molecule has 8 heteroatoms. The smallest absolute Gasteiger partial charge is 0.348 e. The molecule has 0 spiro atoms. The van der Waals surface area contributed by atoms with Crippen LogP contribution in [0.15, 0.2) is 17.1 Å². The van der Waals surface area contributed by atoms with Crippen LogP contribution in [0.2, 0.25) is 0 Å². The van der Waals surface area contributed by atoms with E-state index in [4.69, 9.17) is 25.7 Å². The fraction of sp³-hybridized carbons (Fsp3) is 0.385. The number of aliphatic imine (C=N–C) groups is 1. The van der Waals surface area contributed by atoms with E-state index >= 15 is 0 Å². The fourth-order valence-electron chi connectivity index (χ4n) is 1.64. The zero-order valence-electron chi connectivity index (χ0n) is 12.3. The van der Waals surface area contributed by atoms with E-state index in [0.717, 1.165) is 0 Å². The van der Waals surface area contributed by atoms with Gasteiger partial charge in [0.25, 0.3) is 0 Å². The molecule has 8 nitrogen and oxygen atoms in total. The number of anilines is 1. The zero-order valence-corrected chi connectivity index (χ0v) is 12.3. The van der Waals surface area contributed by atoms with Crippen molar-refractivity contribution in [1.29, 1.82) is 0 Å². The highest BCUT2D eigenvalue weighted by Gasteiger charge is 2.18. The number of urea groups is 1. The minimum absolute atomic E-state index is 0.313. The molecule has 0 saturated carbocycles. The van der Waals surface area contributed by atoms with E-state index in [0.29, 0.717) is 36.1 Å². The highest BCUT2D eigenvalue weighted by atomic mass is 16.5. The Morgan fingerprint density at radius 3 is 2.33 bits per heavy atom. The molecule has 0 aromatic heterocycles. The van der Waals surface area contributed by atoms with Crippen molar-refractivity contribution in [3.05, 3.63) is 12.1 Å². The Morgan fingerprint density at radius 1 is 1.19 bits per heavy atom. The number of guanidine groups is 1. The van der Waals surface area contributed by atoms with Crippen molar-refractivity contribution < 1.29 is 19.0 Å². The molecule has 0 aliphatic rings. The number of ether oxygens (including phenoxy) is 3. The van der Waals surface area contributed by atoms with Gasteiger partial charge in [0, 0.05) is 0 Å². The number of carbonyl (C=O) groups excluding carboxylic acids is 1. The van der Waals surface area contributed by atoms with Gasteiger partial charge in [-0.15, -0.1) is 0 Å². The normalized spacial score (nSPS) is 9.67. The Bertz CT molecular complexity index is 527. The molecule has 2 amide bonds. The van der Waals surface area contributed by atoms with Crippen LogP contribution in [-0.4, -0.2) is 32.3 Å². The lowest BCUT2D eigenvalue weighted by molar-refractivity contribution is 0.259. The van der Waals surface area contributed by atoms with Gasteiger partial charge in [-0.25, -0.2) is 4.79 Å². The number of carbonyl (C=O) groups is 1. The molecule has 116 valence electrons. The van der Waals surface area contributed by atoms with E-state index in [-0.39, 0.29) is 5.96 Å². The third kappa shape index (κ3) is 4.44. The molecule has 0 atom stereocenters. The van der Waals surface area contributed by atoms with Crippen molar-refractivity contribution in [3.8, 4) is 17.2 Å². The predicted octanol–water partition coefficient (Wildman–Crippen LogP) is 1.30. The molecule has 1 aromatic carbocycles. The van der Waals surface area contributed by atoms with Gasteiger partial charge in [0.1, 0.15) is 11.4 Å². The number of nitrogens with two attached hydrogens (primary N) is 2. The molecule has 1 rings (SSSR count). The topological polar surface area (TPSA) is 121 Å². The summed E-state index contributed by atoms with van der Waals surface area (Å²) in [5.74, 6) is 0.901. The Kier molecular flexibility index (Phi) is 6.12. The van der Waals surface area contributed by atoms with Crippen molar-refractivity contribution in [2.24, 2.45) is 16.5 Å². The minimum atomic E-state index is -0.731. The summed E-state index contributed by atoms with van der Waals surface area (Å²) in [7, 11) is 1.50. The molecule has 0 saturated heterocycles. The zero-order chi connectivity index (χ0) is 15.8. The van der Waals surface area contributed by atoms with Gasteiger partial charge >= 0.3 is 6.03 Å². The Morgan fingerprint density at radius 2 is 1.81 bits per heavy atom. The molecule has 1 aromatic rings. The van der Waals surface area contributed by atoms with Crippen LogP contribution in [0, 0.1) is 0 Å². The largest absolute Gasteiger partial charge is 0.493 e. The summed E-state index contributed by atoms with van der Waals surface area (Å²) >= 11 is 0. The lowest BCUT2D eigenvalue weighted by Gasteiger charge is -2.17. The number of nitrogens with one attached hydrogen (secondary N) is 1. The van der Waals surface area contributed by atoms with Crippen molar-refractivity contribution >= 4 is 17.7 Å². The number of hydrogen-bond donors (Lipinski definition) is 3. The number of methoxy groups -OCH3 is 1. The van der Waals surface area contributed by atoms with Crippen LogP contribution in [0.3, 0.4) is 0 Å². The van der Waals surface area contributed by atoms with E-state index in [9.17, 15) is 4.79 Å². The lowest BCUT2D eigenvalue weighted by atomic mass is 10.2. The molecule has 0 aliphatic carbocycles. The van der Waals surface area contributed by atoms with Gasteiger partial charge in [-0.3, -0.25) is 5.32 Å². The van der Waals surface area contributed by atoms with Gasteiger partial charge in [0.15, 0.2) is 17.5 Å². The SMILES string of the molecule is CCOc1ccc(OC)c(OCC)c1NC(=O)N=C(N)N. The second-order valence-electron chi connectivity index (χ2n) is 3.80. The van der Waals surface area contributed by atoms with Crippen molar-refractivity contribution in [2.45, 2.75) is 13.8 Å². The van der Waals surface area contributed by atoms with E-state index in [1.807, 2.05) is 13.8 Å². The maximum absolute atomic E-state index is 11.7. The molecule has 0 fully saturated rings. The van der Waals surface area contributed by atoms with Crippen molar-refractivity contribution in [2.75, 3.05) is 25.6 Å². The van der Waals surface area contributed by atoms with Crippen LogP contribution in [0.4, 0.5) is 10.5 Å². The van der Waals surface area contributed by atoms with Gasteiger partial charge < -0.3 is 25.7 Å². The number of rotatable bonds is 6. The van der Waals surface area contributed by atoms with Gasteiger partial charge in [-0.1, -0.05) is 0 Å². The third-order valence-electron chi connectivity index (χ3n) is 2.35. The third-order valence-corrected chi connectivity index (χ3v) is 2.35. The monoisotopic (exact) mass is 296 g/mol. The maximum Gasteiger partial charge on any atom is 0.348 e. The van der Waals surface area contributed by atoms with Crippen LogP contribution in [0.1, 0.15) is 13.8 Å². The first-order valence-corrected chi connectivity index (χ1v) is 6.40. The van der Waals surface area contributed by atoms with Crippen molar-refractivity contribution in [3.63, 3.8) is 0 Å². The molecule has 5 N–H and O–H groups in total. The highest BCUT2D eigenvalue weighted by molar-refractivity contribution is 6.00. The van der Waals surface area contributed by atoms with Gasteiger partial charge in [0.2, 0.25) is 0 Å². The van der Waals surface area contributed by atoms with Gasteiger partial charge in [-0.05, 0) is 26.0 Å². The first kappa shape index (κ1) is 16.4. The first-order chi connectivity index (χ1) is 10.0. The first-order valence-electron chi connectivity index (χ1n) is 6.40. The minimum Gasteiger partial charge on any atom is -0.493 e. The number of hydrogen-bond acceptors (Lipinski definition) is 4. The fourth-order valence-corrected chi connectivity index (χ4v) is 1.64. The molecule has 0 radical (unpaired) electrons.